The summed E-state index contributed by atoms with van der Waals surface area (Å²) in [6.07, 6.45) is 5.54. The summed E-state index contributed by atoms with van der Waals surface area (Å²) in [4.78, 5) is 2.58. The fraction of sp³-hybridized carbons (Fsp3) is 0.391. The average molecular weight is 347 g/mol. The van der Waals surface area contributed by atoms with Crippen LogP contribution < -0.4 is 4.74 Å². The number of nitrogens with zero attached hydrogens (tertiary/aromatic N) is 1. The molecule has 0 aliphatic carbocycles. The van der Waals surface area contributed by atoms with Crippen molar-refractivity contribution >= 4 is 10.8 Å². The third kappa shape index (κ3) is 2.62. The van der Waals surface area contributed by atoms with Gasteiger partial charge in [0.25, 0.3) is 0 Å². The fourth-order valence-corrected chi connectivity index (χ4v) is 5.14. The van der Waals surface area contributed by atoms with Crippen LogP contribution in [-0.4, -0.2) is 30.6 Å². The van der Waals surface area contributed by atoms with Gasteiger partial charge in [-0.05, 0) is 49.9 Å². The van der Waals surface area contributed by atoms with Crippen molar-refractivity contribution in [2.24, 2.45) is 5.92 Å². The van der Waals surface area contributed by atoms with Crippen molar-refractivity contribution in [3.63, 3.8) is 0 Å². The van der Waals surface area contributed by atoms with Gasteiger partial charge < -0.3 is 14.1 Å². The van der Waals surface area contributed by atoms with Crippen LogP contribution in [0.15, 0.2) is 65.3 Å². The Balaban J connectivity index is 1.43. The predicted octanol–water partition coefficient (Wildman–Crippen LogP) is 5.08. The van der Waals surface area contributed by atoms with Crippen LogP contribution in [0.2, 0.25) is 0 Å². The van der Waals surface area contributed by atoms with Gasteiger partial charge in [0.15, 0.2) is 0 Å². The van der Waals surface area contributed by atoms with Crippen LogP contribution in [0.3, 0.4) is 0 Å². The van der Waals surface area contributed by atoms with Gasteiger partial charge in [-0.3, -0.25) is 0 Å². The highest BCUT2D eigenvalue weighted by Gasteiger charge is 2.47. The molecule has 2 bridgehead atoms. The van der Waals surface area contributed by atoms with Crippen molar-refractivity contribution in [2.45, 2.75) is 37.3 Å². The second-order valence-electron chi connectivity index (χ2n) is 7.77. The zero-order chi connectivity index (χ0) is 17.5. The van der Waals surface area contributed by atoms with Crippen molar-refractivity contribution < 1.29 is 9.15 Å². The van der Waals surface area contributed by atoms with Crippen molar-refractivity contribution in [2.75, 3.05) is 13.7 Å². The van der Waals surface area contributed by atoms with Crippen LogP contribution in [0, 0.1) is 5.92 Å². The molecule has 0 radical (unpaired) electrons. The number of ether oxygens (including phenoxy) is 1. The van der Waals surface area contributed by atoms with Gasteiger partial charge >= 0.3 is 0 Å². The van der Waals surface area contributed by atoms with Crippen LogP contribution in [0.4, 0.5) is 0 Å². The molecule has 2 aliphatic rings. The lowest BCUT2D eigenvalue weighted by molar-refractivity contribution is 0.0600. The summed E-state index contributed by atoms with van der Waals surface area (Å²) in [6, 6.07) is 20.2. The van der Waals surface area contributed by atoms with Gasteiger partial charge in [-0.2, -0.15) is 0 Å². The normalized spacial score (nSPS) is 28.5. The number of hydrogen-bond donors (Lipinski definition) is 0. The van der Waals surface area contributed by atoms with Gasteiger partial charge in [-0.25, -0.2) is 0 Å². The highest BCUT2D eigenvalue weighted by atomic mass is 16.5. The fourth-order valence-electron chi connectivity index (χ4n) is 5.14. The van der Waals surface area contributed by atoms with Crippen molar-refractivity contribution in [3.05, 3.63) is 66.6 Å². The van der Waals surface area contributed by atoms with Gasteiger partial charge in [0.05, 0.1) is 12.9 Å². The molecule has 2 saturated heterocycles. The number of hydrogen-bond acceptors (Lipinski definition) is 3. The second-order valence-corrected chi connectivity index (χ2v) is 7.77. The van der Waals surface area contributed by atoms with E-state index in [9.17, 15) is 0 Å². The smallest absolute Gasteiger partial charge is 0.127 e. The molecule has 0 amide bonds. The molecule has 2 unspecified atom stereocenters. The van der Waals surface area contributed by atoms with Gasteiger partial charge in [0.2, 0.25) is 0 Å². The van der Waals surface area contributed by atoms with E-state index in [1.54, 1.807) is 6.26 Å². The summed E-state index contributed by atoms with van der Waals surface area (Å²) in [5.41, 5.74) is 0. The van der Waals surface area contributed by atoms with E-state index in [1.165, 1.54) is 30.0 Å². The van der Waals surface area contributed by atoms with Crippen molar-refractivity contribution in [1.82, 2.24) is 4.90 Å². The standard InChI is InChI=1S/C23H25NO2/c1-24-17-11-12-21(24)20(19(14-17)23-10-5-13-25-23)15-26-22-9-4-7-16-6-2-3-8-18(16)22/h2-10,13,17,19-21H,11-12,14-15H2,1H3/t17?,19-,20+,21?/m0/s1. The molecule has 5 rings (SSSR count). The maximum atomic E-state index is 6.42. The molecule has 134 valence electrons. The topological polar surface area (TPSA) is 25.6 Å². The lowest BCUT2D eigenvalue weighted by Crippen LogP contribution is -2.47. The molecule has 0 spiro atoms. The summed E-state index contributed by atoms with van der Waals surface area (Å²) in [6.45, 7) is 0.737. The van der Waals surface area contributed by atoms with E-state index in [0.717, 1.165) is 18.1 Å². The molecular weight excluding hydrogens is 322 g/mol. The highest BCUT2D eigenvalue weighted by molar-refractivity contribution is 5.88. The van der Waals surface area contributed by atoms with E-state index < -0.39 is 0 Å². The zero-order valence-electron chi connectivity index (χ0n) is 15.2. The summed E-state index contributed by atoms with van der Waals surface area (Å²) >= 11 is 0. The van der Waals surface area contributed by atoms with Gasteiger partial charge in [0.1, 0.15) is 11.5 Å². The SMILES string of the molecule is CN1C2CCC1[C@H](COc1cccc3ccccc13)[C@@H](c1ccco1)C2. The van der Waals surface area contributed by atoms with E-state index in [-0.39, 0.29) is 0 Å². The van der Waals surface area contributed by atoms with Crippen LogP contribution in [-0.2, 0) is 0 Å². The largest absolute Gasteiger partial charge is 0.493 e. The van der Waals surface area contributed by atoms with Crippen LogP contribution >= 0.6 is 0 Å². The molecule has 0 saturated carbocycles. The lowest BCUT2D eigenvalue weighted by Gasteiger charge is -2.42. The third-order valence-corrected chi connectivity index (χ3v) is 6.52. The van der Waals surface area contributed by atoms with Crippen LogP contribution in [0.25, 0.3) is 10.8 Å². The third-order valence-electron chi connectivity index (χ3n) is 6.52. The minimum absolute atomic E-state index is 0.452. The van der Waals surface area contributed by atoms with Gasteiger partial charge in [0, 0.05) is 29.3 Å². The Kier molecular flexibility index (Phi) is 3.97. The number of piperidine rings is 1. The Morgan fingerprint density at radius 1 is 1.04 bits per heavy atom. The van der Waals surface area contributed by atoms with Crippen LogP contribution in [0.5, 0.6) is 5.75 Å². The molecule has 3 aromatic rings. The summed E-state index contributed by atoms with van der Waals surface area (Å²) in [7, 11) is 2.28. The van der Waals surface area contributed by atoms with Crippen molar-refractivity contribution in [1.29, 1.82) is 0 Å². The minimum Gasteiger partial charge on any atom is -0.493 e. The molecule has 4 atom stereocenters. The van der Waals surface area contributed by atoms with E-state index in [4.69, 9.17) is 9.15 Å². The number of benzene rings is 2. The average Bonchev–Trinajstić information content (AvgIpc) is 3.28. The maximum Gasteiger partial charge on any atom is 0.127 e. The molecular formula is C23H25NO2. The molecule has 1 aromatic heterocycles. The monoisotopic (exact) mass is 347 g/mol. The number of rotatable bonds is 4. The zero-order valence-corrected chi connectivity index (χ0v) is 15.2. The Labute approximate surface area is 154 Å². The minimum atomic E-state index is 0.452. The second kappa shape index (κ2) is 6.48. The van der Waals surface area contributed by atoms with E-state index in [1.807, 2.05) is 6.07 Å². The maximum absolute atomic E-state index is 6.42. The Morgan fingerprint density at radius 3 is 2.81 bits per heavy atom. The molecule has 3 nitrogen and oxygen atoms in total. The first-order chi connectivity index (χ1) is 12.8. The quantitative estimate of drug-likeness (QED) is 0.658. The predicted molar refractivity (Wildman–Crippen MR) is 104 cm³/mol. The Morgan fingerprint density at radius 2 is 1.92 bits per heavy atom. The Bertz CT molecular complexity index is 883. The van der Waals surface area contributed by atoms with E-state index in [2.05, 4.69) is 60.5 Å². The van der Waals surface area contributed by atoms with E-state index in [0.29, 0.717) is 23.9 Å². The summed E-state index contributed by atoms with van der Waals surface area (Å²) in [5.74, 6) is 3.03. The molecule has 2 aliphatic heterocycles. The molecule has 0 N–H and O–H groups in total. The lowest BCUT2D eigenvalue weighted by atomic mass is 9.79. The highest BCUT2D eigenvalue weighted by Crippen LogP contribution is 2.46. The number of fused-ring (bicyclic) bond motifs is 3. The van der Waals surface area contributed by atoms with Gasteiger partial charge in [-0.1, -0.05) is 36.4 Å². The molecule has 2 fully saturated rings. The molecule has 26 heavy (non-hydrogen) atoms. The first kappa shape index (κ1) is 16.0. The molecule has 3 heterocycles. The van der Waals surface area contributed by atoms with E-state index >= 15 is 0 Å². The summed E-state index contributed by atoms with van der Waals surface area (Å²) in [5, 5.41) is 2.42. The van der Waals surface area contributed by atoms with Crippen LogP contribution in [0.1, 0.15) is 30.9 Å². The molecule has 2 aromatic carbocycles. The van der Waals surface area contributed by atoms with Crippen molar-refractivity contribution in [3.8, 4) is 5.75 Å². The first-order valence-electron chi connectivity index (χ1n) is 9.67. The van der Waals surface area contributed by atoms with Gasteiger partial charge in [-0.15, -0.1) is 0 Å². The summed E-state index contributed by atoms with van der Waals surface area (Å²) < 4.78 is 12.2. The Hall–Kier alpha value is -2.26. The molecule has 3 heteroatoms. The number of furan rings is 1. The first-order valence-corrected chi connectivity index (χ1v) is 9.67.